The second kappa shape index (κ2) is 8.64. The highest BCUT2D eigenvalue weighted by molar-refractivity contribution is 7.97. The van der Waals surface area contributed by atoms with Gasteiger partial charge in [0, 0.05) is 23.9 Å². The molecule has 0 radical (unpaired) electrons. The summed E-state index contributed by atoms with van der Waals surface area (Å²) in [6, 6.07) is 1.77. The highest BCUT2D eigenvalue weighted by Gasteiger charge is 2.35. The van der Waals surface area contributed by atoms with E-state index in [1.165, 1.54) is 0 Å². The smallest absolute Gasteiger partial charge is 0.257 e. The Bertz CT molecular complexity index is 956. The van der Waals surface area contributed by atoms with Gasteiger partial charge in [-0.25, -0.2) is 4.98 Å². The Balaban J connectivity index is 1.39. The molecule has 0 bridgehead atoms. The van der Waals surface area contributed by atoms with E-state index in [1.807, 2.05) is 10.5 Å². The molecular formula is C20H29N9OS. The molecule has 2 aliphatic heterocycles. The molecule has 0 saturated carbocycles. The molecule has 4 N–H and O–H groups in total. The first-order chi connectivity index (χ1) is 15.1. The lowest BCUT2D eigenvalue weighted by Gasteiger charge is -2.26. The van der Waals surface area contributed by atoms with Gasteiger partial charge in [0.25, 0.3) is 5.91 Å². The van der Waals surface area contributed by atoms with Gasteiger partial charge in [0.15, 0.2) is 5.82 Å². The van der Waals surface area contributed by atoms with Crippen molar-refractivity contribution in [1.29, 1.82) is 0 Å². The standard InChI is InChI=1S/C20H29N9OS/c1-12(2)15-9-17(26-25-15)23-18-13-5-3-6-14(13)22-20(24-18)28-8-4-7-16(28)19(30)27-29-10-21-11-31-29/h9,12,16,21H,3-8,10-11H2,1-2H3,(H,27,30)(H2,22,23,24,25,26). The number of hydrogen-bond donors (Lipinski definition) is 4. The largest absolute Gasteiger partial charge is 0.329 e. The zero-order valence-corrected chi connectivity index (χ0v) is 18.8. The Hall–Kier alpha value is -2.37. The minimum Gasteiger partial charge on any atom is -0.329 e. The molecule has 1 aliphatic carbocycles. The fraction of sp³-hybridized carbons (Fsp3) is 0.600. The van der Waals surface area contributed by atoms with Crippen LogP contribution in [0, 0.1) is 0 Å². The van der Waals surface area contributed by atoms with E-state index in [0.717, 1.165) is 73.1 Å². The van der Waals surface area contributed by atoms with Gasteiger partial charge >= 0.3 is 0 Å². The molecule has 5 rings (SSSR count). The lowest BCUT2D eigenvalue weighted by Crippen LogP contribution is -2.48. The van der Waals surface area contributed by atoms with Crippen molar-refractivity contribution in [2.45, 2.75) is 57.9 Å². The monoisotopic (exact) mass is 443 g/mol. The molecule has 0 aromatic carbocycles. The van der Waals surface area contributed by atoms with Crippen LogP contribution in [0.25, 0.3) is 0 Å². The van der Waals surface area contributed by atoms with Crippen LogP contribution in [0.15, 0.2) is 6.07 Å². The van der Waals surface area contributed by atoms with E-state index in [0.29, 0.717) is 18.5 Å². The van der Waals surface area contributed by atoms with Gasteiger partial charge < -0.3 is 10.2 Å². The number of aromatic nitrogens is 4. The number of aryl methyl sites for hydroxylation is 1. The maximum atomic E-state index is 12.9. The van der Waals surface area contributed by atoms with E-state index in [4.69, 9.17) is 9.97 Å². The van der Waals surface area contributed by atoms with Crippen LogP contribution >= 0.6 is 11.9 Å². The summed E-state index contributed by atoms with van der Waals surface area (Å²) in [6.07, 6.45) is 4.73. The molecule has 11 heteroatoms. The summed E-state index contributed by atoms with van der Waals surface area (Å²) in [5.74, 6) is 3.39. The molecule has 2 aromatic heterocycles. The lowest BCUT2D eigenvalue weighted by molar-refractivity contribution is -0.125. The molecule has 166 valence electrons. The number of fused-ring (bicyclic) bond motifs is 1. The Morgan fingerprint density at radius 3 is 2.97 bits per heavy atom. The summed E-state index contributed by atoms with van der Waals surface area (Å²) in [5, 5.41) is 14.1. The Kier molecular flexibility index (Phi) is 5.72. The van der Waals surface area contributed by atoms with E-state index < -0.39 is 0 Å². The topological polar surface area (TPSA) is 114 Å². The third-order valence-corrected chi connectivity index (χ3v) is 6.88. The van der Waals surface area contributed by atoms with Crippen molar-refractivity contribution in [2.75, 3.05) is 29.3 Å². The van der Waals surface area contributed by atoms with Crippen LogP contribution in [0.5, 0.6) is 0 Å². The summed E-state index contributed by atoms with van der Waals surface area (Å²) < 4.78 is 1.85. The number of nitrogens with one attached hydrogen (secondary N) is 4. The molecule has 2 fully saturated rings. The van der Waals surface area contributed by atoms with Crippen molar-refractivity contribution in [3.63, 3.8) is 0 Å². The molecular weight excluding hydrogens is 414 g/mol. The number of carbonyl (C=O) groups excluding carboxylic acids is 1. The molecule has 3 aliphatic rings. The number of aromatic amines is 1. The summed E-state index contributed by atoms with van der Waals surface area (Å²) in [4.78, 5) is 24.7. The molecule has 1 atom stereocenters. The fourth-order valence-corrected chi connectivity index (χ4v) is 5.01. The van der Waals surface area contributed by atoms with Crippen molar-refractivity contribution in [2.24, 2.45) is 0 Å². The lowest BCUT2D eigenvalue weighted by atomic mass is 10.1. The fourth-order valence-electron chi connectivity index (χ4n) is 4.33. The Morgan fingerprint density at radius 2 is 2.19 bits per heavy atom. The van der Waals surface area contributed by atoms with Crippen molar-refractivity contribution in [3.05, 3.63) is 23.0 Å². The number of hydrogen-bond acceptors (Lipinski definition) is 9. The second-order valence-electron chi connectivity index (χ2n) is 8.53. The molecule has 1 amide bonds. The molecule has 10 nitrogen and oxygen atoms in total. The van der Waals surface area contributed by atoms with Crippen molar-refractivity contribution < 1.29 is 4.79 Å². The van der Waals surface area contributed by atoms with Gasteiger partial charge in [0.05, 0.1) is 18.2 Å². The Morgan fingerprint density at radius 1 is 1.29 bits per heavy atom. The SMILES string of the molecule is CC(C)c1cc(Nc2nc(N3CCCC3C(=O)NN3CNCS3)nc3c2CCC3)n[nH]1. The van der Waals surface area contributed by atoms with Crippen molar-refractivity contribution in [3.8, 4) is 0 Å². The molecule has 2 aromatic rings. The summed E-state index contributed by atoms with van der Waals surface area (Å²) in [7, 11) is 0. The maximum absolute atomic E-state index is 12.9. The minimum atomic E-state index is -0.258. The Labute approximate surface area is 186 Å². The molecule has 31 heavy (non-hydrogen) atoms. The average Bonchev–Trinajstić information content (AvgIpc) is 3.53. The van der Waals surface area contributed by atoms with Gasteiger partial charge in [-0.3, -0.25) is 20.6 Å². The summed E-state index contributed by atoms with van der Waals surface area (Å²) >= 11 is 1.57. The molecule has 1 unspecified atom stereocenters. The summed E-state index contributed by atoms with van der Waals surface area (Å²) in [5.41, 5.74) is 6.34. The number of amides is 1. The van der Waals surface area contributed by atoms with E-state index in [2.05, 4.69) is 45.0 Å². The van der Waals surface area contributed by atoms with Crippen molar-refractivity contribution >= 4 is 35.4 Å². The predicted molar refractivity (Wildman–Crippen MR) is 121 cm³/mol. The molecule has 2 saturated heterocycles. The van der Waals surface area contributed by atoms with E-state index in [9.17, 15) is 4.79 Å². The zero-order valence-electron chi connectivity index (χ0n) is 17.9. The van der Waals surface area contributed by atoms with Crippen molar-refractivity contribution in [1.82, 2.24) is 35.3 Å². The first-order valence-corrected chi connectivity index (χ1v) is 11.9. The van der Waals surface area contributed by atoms with E-state index >= 15 is 0 Å². The van der Waals surface area contributed by atoms with Crippen LogP contribution in [-0.2, 0) is 17.6 Å². The van der Waals surface area contributed by atoms with Crippen LogP contribution < -0.4 is 21.0 Å². The quantitative estimate of drug-likeness (QED) is 0.498. The van der Waals surface area contributed by atoms with Crippen LogP contribution in [0.3, 0.4) is 0 Å². The average molecular weight is 444 g/mol. The van der Waals surface area contributed by atoms with Gasteiger partial charge in [0.2, 0.25) is 5.95 Å². The van der Waals surface area contributed by atoms with E-state index in [1.54, 1.807) is 11.9 Å². The first-order valence-electron chi connectivity index (χ1n) is 11.0. The third-order valence-electron chi connectivity index (χ3n) is 6.01. The van der Waals surface area contributed by atoms with Crippen LogP contribution in [-0.4, -0.2) is 55.6 Å². The van der Waals surface area contributed by atoms with Gasteiger partial charge in [-0.2, -0.15) is 10.1 Å². The predicted octanol–water partition coefficient (Wildman–Crippen LogP) is 2.02. The number of hydrazine groups is 1. The van der Waals surface area contributed by atoms with Gasteiger partial charge in [-0.05, 0) is 50.0 Å². The number of rotatable bonds is 6. The zero-order chi connectivity index (χ0) is 21.4. The number of H-pyrrole nitrogens is 1. The number of anilines is 3. The van der Waals surface area contributed by atoms with Gasteiger partial charge in [-0.15, -0.1) is 4.41 Å². The van der Waals surface area contributed by atoms with E-state index in [-0.39, 0.29) is 11.9 Å². The van der Waals surface area contributed by atoms with Crippen LogP contribution in [0.2, 0.25) is 0 Å². The number of nitrogens with zero attached hydrogens (tertiary/aromatic N) is 5. The first kappa shape index (κ1) is 20.5. The highest BCUT2D eigenvalue weighted by atomic mass is 32.2. The van der Waals surface area contributed by atoms with Crippen LogP contribution in [0.4, 0.5) is 17.6 Å². The normalized spacial score (nSPS) is 21.1. The molecule has 4 heterocycles. The highest BCUT2D eigenvalue weighted by Crippen LogP contribution is 2.32. The summed E-state index contributed by atoms with van der Waals surface area (Å²) in [6.45, 7) is 5.69. The number of carbonyl (C=O) groups is 1. The van der Waals surface area contributed by atoms with Gasteiger partial charge in [-0.1, -0.05) is 13.8 Å². The van der Waals surface area contributed by atoms with Crippen LogP contribution in [0.1, 0.15) is 56.0 Å². The second-order valence-corrected chi connectivity index (χ2v) is 9.51. The molecule has 0 spiro atoms. The van der Waals surface area contributed by atoms with Gasteiger partial charge in [0.1, 0.15) is 11.9 Å². The maximum Gasteiger partial charge on any atom is 0.257 e. The minimum absolute atomic E-state index is 0.00110. The third kappa shape index (κ3) is 4.21.